The van der Waals surface area contributed by atoms with Gasteiger partial charge < -0.3 is 4.74 Å². The molecule has 3 nitrogen and oxygen atoms in total. The van der Waals surface area contributed by atoms with Gasteiger partial charge in [-0.1, -0.05) is 17.7 Å². The number of carbonyl (C=O) groups excluding carboxylic acids is 1. The van der Waals surface area contributed by atoms with Crippen LogP contribution in [0.1, 0.15) is 21.6 Å². The van der Waals surface area contributed by atoms with Crippen LogP contribution in [0.2, 0.25) is 5.02 Å². The Kier molecular flexibility index (Phi) is 3.63. The van der Waals surface area contributed by atoms with Gasteiger partial charge in [0.25, 0.3) is 0 Å². The van der Waals surface area contributed by atoms with E-state index in [4.69, 9.17) is 16.3 Å². The average molecular weight is 262 g/mol. The van der Waals surface area contributed by atoms with Crippen molar-refractivity contribution in [3.8, 4) is 5.75 Å². The first-order chi connectivity index (χ1) is 8.63. The maximum Gasteiger partial charge on any atom is 0.215 e. The number of methoxy groups -OCH3 is 1. The molecule has 0 fully saturated rings. The number of carbonyl (C=O) groups is 1. The molecule has 0 unspecified atom stereocenters. The van der Waals surface area contributed by atoms with E-state index in [9.17, 15) is 4.79 Å². The molecule has 1 heterocycles. The van der Waals surface area contributed by atoms with Crippen LogP contribution in [0.25, 0.3) is 0 Å². The number of aryl methyl sites for hydroxylation is 1. The van der Waals surface area contributed by atoms with Crippen molar-refractivity contribution in [2.24, 2.45) is 0 Å². The summed E-state index contributed by atoms with van der Waals surface area (Å²) in [5, 5.41) is 0.527. The van der Waals surface area contributed by atoms with E-state index in [0.29, 0.717) is 22.0 Å². The number of rotatable bonds is 3. The van der Waals surface area contributed by atoms with Crippen LogP contribution in [-0.2, 0) is 0 Å². The quantitative estimate of drug-likeness (QED) is 0.796. The van der Waals surface area contributed by atoms with Gasteiger partial charge in [0.2, 0.25) is 5.78 Å². The van der Waals surface area contributed by atoms with Gasteiger partial charge in [0.05, 0.1) is 7.11 Å². The van der Waals surface area contributed by atoms with Crippen molar-refractivity contribution >= 4 is 17.4 Å². The zero-order chi connectivity index (χ0) is 13.1. The van der Waals surface area contributed by atoms with Gasteiger partial charge in [-0.2, -0.15) is 0 Å². The van der Waals surface area contributed by atoms with Crippen LogP contribution in [-0.4, -0.2) is 17.9 Å². The fraction of sp³-hybridized carbons (Fsp3) is 0.143. The van der Waals surface area contributed by atoms with Crippen LogP contribution in [0.5, 0.6) is 5.75 Å². The molecule has 0 radical (unpaired) electrons. The van der Waals surface area contributed by atoms with Crippen molar-refractivity contribution < 1.29 is 9.53 Å². The number of benzene rings is 1. The third-order valence-electron chi connectivity index (χ3n) is 2.65. The van der Waals surface area contributed by atoms with Gasteiger partial charge in [0.15, 0.2) is 5.69 Å². The Morgan fingerprint density at radius 1 is 1.33 bits per heavy atom. The minimum Gasteiger partial charge on any atom is -0.494 e. The third kappa shape index (κ3) is 2.36. The summed E-state index contributed by atoms with van der Waals surface area (Å²) in [4.78, 5) is 16.5. The Balaban J connectivity index is 2.51. The van der Waals surface area contributed by atoms with Gasteiger partial charge >= 0.3 is 0 Å². The zero-order valence-electron chi connectivity index (χ0n) is 10.1. The van der Waals surface area contributed by atoms with Crippen LogP contribution in [0, 0.1) is 6.92 Å². The average Bonchev–Trinajstić information content (AvgIpc) is 2.40. The number of aromatic nitrogens is 1. The minimum absolute atomic E-state index is 0.188. The molecule has 2 aromatic rings. The maximum absolute atomic E-state index is 12.4. The summed E-state index contributed by atoms with van der Waals surface area (Å²) in [7, 11) is 1.51. The van der Waals surface area contributed by atoms with E-state index in [-0.39, 0.29) is 5.78 Å². The Morgan fingerprint density at radius 2 is 2.11 bits per heavy atom. The molecular formula is C14H12ClNO2. The summed E-state index contributed by atoms with van der Waals surface area (Å²) >= 11 is 5.92. The molecule has 0 atom stereocenters. The van der Waals surface area contributed by atoms with Gasteiger partial charge in [0.1, 0.15) is 5.75 Å². The lowest BCUT2D eigenvalue weighted by Gasteiger charge is -2.08. The van der Waals surface area contributed by atoms with Gasteiger partial charge in [-0.05, 0) is 36.8 Å². The first-order valence-electron chi connectivity index (χ1n) is 5.43. The predicted octanol–water partition coefficient (Wildman–Crippen LogP) is 3.28. The van der Waals surface area contributed by atoms with Gasteiger partial charge in [-0.3, -0.25) is 4.79 Å². The lowest BCUT2D eigenvalue weighted by Crippen LogP contribution is -2.08. The van der Waals surface area contributed by atoms with Crippen molar-refractivity contribution in [1.29, 1.82) is 0 Å². The molecule has 0 N–H and O–H groups in total. The highest BCUT2D eigenvalue weighted by Crippen LogP contribution is 2.22. The third-order valence-corrected chi connectivity index (χ3v) is 2.89. The lowest BCUT2D eigenvalue weighted by atomic mass is 10.0. The van der Waals surface area contributed by atoms with E-state index in [0.717, 1.165) is 5.56 Å². The molecule has 2 rings (SSSR count). The molecule has 92 valence electrons. The molecule has 4 heteroatoms. The van der Waals surface area contributed by atoms with E-state index in [1.165, 1.54) is 7.11 Å². The van der Waals surface area contributed by atoms with E-state index in [2.05, 4.69) is 4.98 Å². The van der Waals surface area contributed by atoms with Crippen molar-refractivity contribution in [1.82, 2.24) is 4.98 Å². The zero-order valence-corrected chi connectivity index (χ0v) is 10.9. The van der Waals surface area contributed by atoms with Gasteiger partial charge in [0, 0.05) is 16.8 Å². The van der Waals surface area contributed by atoms with Crippen LogP contribution in [0.15, 0.2) is 36.5 Å². The number of pyridine rings is 1. The van der Waals surface area contributed by atoms with E-state index >= 15 is 0 Å². The fourth-order valence-corrected chi connectivity index (χ4v) is 1.86. The highest BCUT2D eigenvalue weighted by atomic mass is 35.5. The summed E-state index contributed by atoms with van der Waals surface area (Å²) in [6.07, 6.45) is 1.57. The molecule has 0 aliphatic carbocycles. The van der Waals surface area contributed by atoms with Crippen molar-refractivity contribution in [3.05, 3.63) is 58.4 Å². The Morgan fingerprint density at radius 3 is 2.83 bits per heavy atom. The molecular weight excluding hydrogens is 250 g/mol. The normalized spacial score (nSPS) is 10.2. The van der Waals surface area contributed by atoms with Crippen molar-refractivity contribution in [2.45, 2.75) is 6.92 Å². The smallest absolute Gasteiger partial charge is 0.215 e. The summed E-state index contributed by atoms with van der Waals surface area (Å²) in [5.74, 6) is 0.273. The second kappa shape index (κ2) is 5.19. The topological polar surface area (TPSA) is 39.2 Å². The van der Waals surface area contributed by atoms with Crippen molar-refractivity contribution in [2.75, 3.05) is 7.11 Å². The first kappa shape index (κ1) is 12.6. The van der Waals surface area contributed by atoms with E-state index in [1.807, 2.05) is 13.0 Å². The SMILES string of the molecule is COc1cccnc1C(=O)c1cc(Cl)ccc1C. The van der Waals surface area contributed by atoms with Crippen molar-refractivity contribution in [3.63, 3.8) is 0 Å². The Bertz CT molecular complexity index is 596. The molecule has 1 aromatic heterocycles. The number of hydrogen-bond acceptors (Lipinski definition) is 3. The van der Waals surface area contributed by atoms with E-state index < -0.39 is 0 Å². The second-order valence-corrected chi connectivity index (χ2v) is 4.28. The largest absolute Gasteiger partial charge is 0.494 e. The first-order valence-corrected chi connectivity index (χ1v) is 5.81. The number of halogens is 1. The molecule has 0 amide bonds. The number of hydrogen-bond donors (Lipinski definition) is 0. The maximum atomic E-state index is 12.4. The highest BCUT2D eigenvalue weighted by Gasteiger charge is 2.17. The van der Waals surface area contributed by atoms with Crippen LogP contribution < -0.4 is 4.74 Å². The Labute approximate surface area is 110 Å². The molecule has 0 saturated heterocycles. The van der Waals surface area contributed by atoms with Crippen LogP contribution in [0.3, 0.4) is 0 Å². The fourth-order valence-electron chi connectivity index (χ4n) is 1.69. The molecule has 0 bridgehead atoms. The van der Waals surface area contributed by atoms with E-state index in [1.54, 1.807) is 30.5 Å². The summed E-state index contributed by atoms with van der Waals surface area (Å²) in [6, 6.07) is 8.64. The molecule has 0 aliphatic heterocycles. The Hall–Kier alpha value is -1.87. The lowest BCUT2D eigenvalue weighted by molar-refractivity contribution is 0.103. The predicted molar refractivity (Wildman–Crippen MR) is 70.4 cm³/mol. The summed E-state index contributed by atoms with van der Waals surface area (Å²) in [6.45, 7) is 1.86. The monoisotopic (exact) mass is 261 g/mol. The summed E-state index contributed by atoms with van der Waals surface area (Å²) < 4.78 is 5.14. The number of ether oxygens (including phenoxy) is 1. The standard InChI is InChI=1S/C14H12ClNO2/c1-9-5-6-10(15)8-11(9)14(17)13-12(18-2)4-3-7-16-13/h3-8H,1-2H3. The highest BCUT2D eigenvalue weighted by molar-refractivity contribution is 6.31. The van der Waals surface area contributed by atoms with Crippen LogP contribution >= 0.6 is 11.6 Å². The van der Waals surface area contributed by atoms with Crippen LogP contribution in [0.4, 0.5) is 0 Å². The minimum atomic E-state index is -0.188. The summed E-state index contributed by atoms with van der Waals surface area (Å²) in [5.41, 5.74) is 1.70. The molecule has 0 saturated carbocycles. The second-order valence-electron chi connectivity index (χ2n) is 3.84. The number of nitrogens with zero attached hydrogens (tertiary/aromatic N) is 1. The number of ketones is 1. The molecule has 1 aromatic carbocycles. The molecule has 18 heavy (non-hydrogen) atoms. The van der Waals surface area contributed by atoms with Gasteiger partial charge in [-0.25, -0.2) is 4.98 Å². The molecule has 0 aliphatic rings. The molecule has 0 spiro atoms. The van der Waals surface area contributed by atoms with Gasteiger partial charge in [-0.15, -0.1) is 0 Å².